The molecule has 0 saturated carbocycles. The van der Waals surface area contributed by atoms with Crippen LogP contribution in [0.1, 0.15) is 0 Å². The summed E-state index contributed by atoms with van der Waals surface area (Å²) in [6.45, 7) is 3.81. The fourth-order valence-corrected chi connectivity index (χ4v) is 3.80. The second-order valence-electron chi connectivity index (χ2n) is 6.03. The number of hydrogen-bond acceptors (Lipinski definition) is 5. The maximum atomic E-state index is 5.62. The van der Waals surface area contributed by atoms with Crippen molar-refractivity contribution in [2.24, 2.45) is 0 Å². The Labute approximate surface area is 167 Å². The molecule has 0 fully saturated rings. The lowest BCUT2D eigenvalue weighted by molar-refractivity contribution is 0.401. The Morgan fingerprint density at radius 3 is 2.79 bits per heavy atom. The number of thioether (sulfide) groups is 1. The van der Waals surface area contributed by atoms with E-state index in [0.717, 1.165) is 44.6 Å². The van der Waals surface area contributed by atoms with Gasteiger partial charge in [0.15, 0.2) is 11.0 Å². The SMILES string of the molecule is C=CCSc1nnc(-c2c[nH]c3ccccc23)n1-c1cc(OC)ccc1OC. The van der Waals surface area contributed by atoms with Crippen molar-refractivity contribution in [3.05, 3.63) is 61.3 Å². The summed E-state index contributed by atoms with van der Waals surface area (Å²) in [4.78, 5) is 3.31. The van der Waals surface area contributed by atoms with Crippen molar-refractivity contribution in [2.75, 3.05) is 20.0 Å². The Balaban J connectivity index is 1.97. The van der Waals surface area contributed by atoms with E-state index in [9.17, 15) is 0 Å². The monoisotopic (exact) mass is 392 g/mol. The summed E-state index contributed by atoms with van der Waals surface area (Å²) < 4.78 is 13.1. The molecule has 0 amide bonds. The van der Waals surface area contributed by atoms with Crippen molar-refractivity contribution in [3.63, 3.8) is 0 Å². The normalized spacial score (nSPS) is 10.9. The van der Waals surface area contributed by atoms with Crippen LogP contribution < -0.4 is 9.47 Å². The molecule has 0 spiro atoms. The number of benzene rings is 2. The number of aromatic nitrogens is 4. The van der Waals surface area contributed by atoms with Crippen LogP contribution >= 0.6 is 11.8 Å². The molecule has 28 heavy (non-hydrogen) atoms. The second-order valence-corrected chi connectivity index (χ2v) is 7.01. The van der Waals surface area contributed by atoms with E-state index >= 15 is 0 Å². The van der Waals surface area contributed by atoms with Gasteiger partial charge in [0.25, 0.3) is 0 Å². The molecule has 0 saturated heterocycles. The molecule has 2 aromatic heterocycles. The van der Waals surface area contributed by atoms with Gasteiger partial charge in [-0.15, -0.1) is 16.8 Å². The van der Waals surface area contributed by atoms with Gasteiger partial charge in [-0.05, 0) is 18.2 Å². The molecule has 0 aliphatic rings. The molecule has 142 valence electrons. The first-order valence-electron chi connectivity index (χ1n) is 8.74. The number of methoxy groups -OCH3 is 2. The van der Waals surface area contributed by atoms with Crippen LogP contribution in [0.3, 0.4) is 0 Å². The van der Waals surface area contributed by atoms with Crippen LogP contribution in [0.25, 0.3) is 28.0 Å². The lowest BCUT2D eigenvalue weighted by Gasteiger charge is -2.14. The number of H-pyrrole nitrogens is 1. The minimum absolute atomic E-state index is 0.710. The van der Waals surface area contributed by atoms with Crippen molar-refractivity contribution < 1.29 is 9.47 Å². The maximum Gasteiger partial charge on any atom is 0.196 e. The largest absolute Gasteiger partial charge is 0.497 e. The molecular formula is C21H20N4O2S. The van der Waals surface area contributed by atoms with E-state index in [0.29, 0.717) is 5.75 Å². The van der Waals surface area contributed by atoms with E-state index < -0.39 is 0 Å². The van der Waals surface area contributed by atoms with Crippen molar-refractivity contribution in [1.82, 2.24) is 19.7 Å². The Kier molecular flexibility index (Phi) is 5.08. The topological polar surface area (TPSA) is 65.0 Å². The molecule has 1 N–H and O–H groups in total. The zero-order chi connectivity index (χ0) is 19.5. The highest BCUT2D eigenvalue weighted by atomic mass is 32.2. The summed E-state index contributed by atoms with van der Waals surface area (Å²) >= 11 is 1.56. The number of nitrogens with zero attached hydrogens (tertiary/aromatic N) is 3. The second kappa shape index (κ2) is 7.82. The Hall–Kier alpha value is -3.19. The fourth-order valence-electron chi connectivity index (χ4n) is 3.12. The van der Waals surface area contributed by atoms with E-state index in [1.54, 1.807) is 26.0 Å². The highest BCUT2D eigenvalue weighted by Gasteiger charge is 2.21. The van der Waals surface area contributed by atoms with Crippen LogP contribution in [-0.2, 0) is 0 Å². The molecule has 2 heterocycles. The highest BCUT2D eigenvalue weighted by Crippen LogP contribution is 2.36. The minimum atomic E-state index is 0.710. The number of hydrogen-bond donors (Lipinski definition) is 1. The van der Waals surface area contributed by atoms with Gasteiger partial charge in [-0.1, -0.05) is 36.0 Å². The summed E-state index contributed by atoms with van der Waals surface area (Å²) in [5.74, 6) is 2.89. The van der Waals surface area contributed by atoms with Crippen LogP contribution in [0, 0.1) is 0 Å². The van der Waals surface area contributed by atoms with Crippen LogP contribution in [0.5, 0.6) is 11.5 Å². The van der Waals surface area contributed by atoms with Crippen molar-refractivity contribution in [1.29, 1.82) is 0 Å². The molecule has 4 aromatic rings. The van der Waals surface area contributed by atoms with Gasteiger partial charge >= 0.3 is 0 Å². The molecule has 0 unspecified atom stereocenters. The zero-order valence-corrected chi connectivity index (χ0v) is 16.5. The Morgan fingerprint density at radius 1 is 1.14 bits per heavy atom. The van der Waals surface area contributed by atoms with Gasteiger partial charge < -0.3 is 14.5 Å². The third kappa shape index (κ3) is 3.14. The highest BCUT2D eigenvalue weighted by molar-refractivity contribution is 7.99. The Bertz CT molecular complexity index is 1130. The molecule has 4 rings (SSSR count). The summed E-state index contributed by atoms with van der Waals surface area (Å²) in [5.41, 5.74) is 2.84. The van der Waals surface area contributed by atoms with E-state index in [4.69, 9.17) is 9.47 Å². The van der Waals surface area contributed by atoms with E-state index in [1.165, 1.54) is 0 Å². The number of ether oxygens (including phenoxy) is 2. The van der Waals surface area contributed by atoms with Gasteiger partial charge in [-0.2, -0.15) is 0 Å². The molecule has 0 atom stereocenters. The van der Waals surface area contributed by atoms with Gasteiger partial charge in [-0.3, -0.25) is 4.57 Å². The summed E-state index contributed by atoms with van der Waals surface area (Å²) in [6.07, 6.45) is 3.80. The third-order valence-electron chi connectivity index (χ3n) is 4.42. The third-order valence-corrected chi connectivity index (χ3v) is 5.35. The number of rotatable bonds is 7. The molecule has 0 radical (unpaired) electrons. The van der Waals surface area contributed by atoms with Crippen LogP contribution in [0.15, 0.2) is 66.5 Å². The lowest BCUT2D eigenvalue weighted by atomic mass is 10.1. The van der Waals surface area contributed by atoms with E-state index in [2.05, 4.69) is 27.8 Å². The molecule has 0 bridgehead atoms. The van der Waals surface area contributed by atoms with Crippen molar-refractivity contribution >= 4 is 22.7 Å². The first-order chi connectivity index (χ1) is 13.8. The fraction of sp³-hybridized carbons (Fsp3) is 0.143. The Morgan fingerprint density at radius 2 is 2.00 bits per heavy atom. The quantitative estimate of drug-likeness (QED) is 0.364. The van der Waals surface area contributed by atoms with Crippen LogP contribution in [0.4, 0.5) is 0 Å². The van der Waals surface area contributed by atoms with Crippen LogP contribution in [0.2, 0.25) is 0 Å². The minimum Gasteiger partial charge on any atom is -0.497 e. The van der Waals surface area contributed by atoms with Gasteiger partial charge in [0.05, 0.1) is 19.9 Å². The average molecular weight is 392 g/mol. The number of fused-ring (bicyclic) bond motifs is 1. The van der Waals surface area contributed by atoms with Gasteiger partial charge in [0.1, 0.15) is 11.5 Å². The molecule has 2 aromatic carbocycles. The summed E-state index contributed by atoms with van der Waals surface area (Å²) in [6, 6.07) is 13.8. The molecular weight excluding hydrogens is 372 g/mol. The van der Waals surface area contributed by atoms with Gasteiger partial charge in [-0.25, -0.2) is 0 Å². The number of aromatic amines is 1. The number of nitrogens with one attached hydrogen (secondary N) is 1. The standard InChI is InChI=1S/C21H20N4O2S/c1-4-11-28-21-24-23-20(16-13-22-17-8-6-5-7-15(16)17)25(21)18-12-14(26-2)9-10-19(18)27-3/h4-10,12-13,22H,1,11H2,2-3H3. The molecule has 0 aliphatic carbocycles. The van der Waals surface area contributed by atoms with Crippen molar-refractivity contribution in [3.8, 4) is 28.6 Å². The smallest absolute Gasteiger partial charge is 0.196 e. The zero-order valence-electron chi connectivity index (χ0n) is 15.7. The predicted molar refractivity (Wildman–Crippen MR) is 113 cm³/mol. The lowest BCUT2D eigenvalue weighted by Crippen LogP contribution is -2.03. The van der Waals surface area contributed by atoms with E-state index in [-0.39, 0.29) is 0 Å². The van der Waals surface area contributed by atoms with E-state index in [1.807, 2.05) is 53.2 Å². The molecule has 6 nitrogen and oxygen atoms in total. The summed E-state index contributed by atoms with van der Waals surface area (Å²) in [7, 11) is 3.29. The molecule has 7 heteroatoms. The molecule has 0 aliphatic heterocycles. The predicted octanol–water partition coefficient (Wildman–Crippen LogP) is 4.71. The number of para-hydroxylation sites is 1. The van der Waals surface area contributed by atoms with Gasteiger partial charge in [0, 0.05) is 34.5 Å². The van der Waals surface area contributed by atoms with Gasteiger partial charge in [0.2, 0.25) is 0 Å². The maximum absolute atomic E-state index is 5.62. The van der Waals surface area contributed by atoms with Crippen molar-refractivity contribution in [2.45, 2.75) is 5.16 Å². The summed E-state index contributed by atoms with van der Waals surface area (Å²) in [5, 5.41) is 10.8. The average Bonchev–Trinajstić information content (AvgIpc) is 3.35. The van der Waals surface area contributed by atoms with Crippen LogP contribution in [-0.4, -0.2) is 39.7 Å². The first-order valence-corrected chi connectivity index (χ1v) is 9.73. The first kappa shape index (κ1) is 18.2.